The van der Waals surface area contributed by atoms with Gasteiger partial charge in [-0.25, -0.2) is 4.57 Å². The third-order valence-corrected chi connectivity index (χ3v) is 10.7. The second kappa shape index (κ2) is 39.5. The molecule has 0 saturated carbocycles. The standard InChI is InChI=1S/C43H83O8P/c1-4-6-8-10-12-14-16-17-18-19-20-21-22-23-24-25-26-28-29-31-33-35-37-42(44)49-39-41(40-50-52(46,47)48-3)51-43(45)38-36-34-32-30-27-15-13-11-9-7-5-2/h11,13,41H,4-10,12,14-40H2,1-3H3,(H,46,47)/b13-11-. The van der Waals surface area contributed by atoms with Crippen LogP contribution in [0.1, 0.15) is 226 Å². The molecule has 0 spiro atoms. The number of carbonyl (C=O) groups is 2. The van der Waals surface area contributed by atoms with E-state index in [2.05, 4.69) is 30.5 Å². The highest BCUT2D eigenvalue weighted by Gasteiger charge is 2.24. The van der Waals surface area contributed by atoms with Crippen LogP contribution >= 0.6 is 7.82 Å². The molecule has 0 rings (SSSR count). The minimum atomic E-state index is -4.25. The van der Waals surface area contributed by atoms with Gasteiger partial charge in [-0.15, -0.1) is 0 Å². The van der Waals surface area contributed by atoms with E-state index in [-0.39, 0.29) is 19.0 Å². The van der Waals surface area contributed by atoms with Crippen molar-refractivity contribution in [3.63, 3.8) is 0 Å². The summed E-state index contributed by atoms with van der Waals surface area (Å²) in [7, 11) is -3.19. The van der Waals surface area contributed by atoms with Gasteiger partial charge in [0.05, 0.1) is 6.61 Å². The number of phosphoric ester groups is 1. The fourth-order valence-electron chi connectivity index (χ4n) is 6.35. The van der Waals surface area contributed by atoms with Crippen LogP contribution in [-0.2, 0) is 32.7 Å². The number of hydrogen-bond donors (Lipinski definition) is 1. The van der Waals surface area contributed by atoms with Crippen molar-refractivity contribution in [2.45, 2.75) is 232 Å². The van der Waals surface area contributed by atoms with Crippen LogP contribution in [0.3, 0.4) is 0 Å². The molecule has 0 bridgehead atoms. The van der Waals surface area contributed by atoms with Crippen LogP contribution in [0.4, 0.5) is 0 Å². The molecule has 8 nitrogen and oxygen atoms in total. The molecule has 0 radical (unpaired) electrons. The first-order valence-electron chi connectivity index (χ1n) is 21.9. The predicted molar refractivity (Wildman–Crippen MR) is 216 cm³/mol. The maximum atomic E-state index is 12.4. The summed E-state index contributed by atoms with van der Waals surface area (Å²) in [6.45, 7) is 3.86. The number of hydrogen-bond acceptors (Lipinski definition) is 7. The molecule has 0 aromatic heterocycles. The molecule has 0 aromatic rings. The van der Waals surface area contributed by atoms with E-state index < -0.39 is 26.5 Å². The maximum absolute atomic E-state index is 12.4. The molecule has 9 heteroatoms. The highest BCUT2D eigenvalue weighted by atomic mass is 31.2. The number of carbonyl (C=O) groups excluding carboxylic acids is 2. The monoisotopic (exact) mass is 759 g/mol. The SMILES string of the molecule is CCCC/C=C\CCCCCCCC(=O)OC(COC(=O)CCCCCCCCCCCCCCCCCCCCCCCC)COP(=O)(O)OC. The topological polar surface area (TPSA) is 108 Å². The van der Waals surface area contributed by atoms with Crippen LogP contribution in [0, 0.1) is 0 Å². The Balaban J connectivity index is 3.86. The normalized spacial score (nSPS) is 13.4. The largest absolute Gasteiger partial charge is 0.472 e. The van der Waals surface area contributed by atoms with Gasteiger partial charge >= 0.3 is 19.8 Å². The van der Waals surface area contributed by atoms with Crippen molar-refractivity contribution < 1.29 is 37.6 Å². The Morgan fingerprint density at radius 1 is 0.519 bits per heavy atom. The molecular formula is C43H83O8P. The summed E-state index contributed by atoms with van der Waals surface area (Å²) >= 11 is 0. The van der Waals surface area contributed by atoms with Crippen molar-refractivity contribution in [3.8, 4) is 0 Å². The summed E-state index contributed by atoms with van der Waals surface area (Å²) < 4.78 is 31.9. The second-order valence-electron chi connectivity index (χ2n) is 14.8. The Kier molecular flexibility index (Phi) is 38.6. The molecular weight excluding hydrogens is 675 g/mol. The minimum Gasteiger partial charge on any atom is -0.462 e. The zero-order valence-corrected chi connectivity index (χ0v) is 35.1. The van der Waals surface area contributed by atoms with Crippen molar-refractivity contribution >= 4 is 19.8 Å². The molecule has 52 heavy (non-hydrogen) atoms. The smallest absolute Gasteiger partial charge is 0.462 e. The maximum Gasteiger partial charge on any atom is 0.472 e. The molecule has 0 aliphatic carbocycles. The Hall–Kier alpha value is -1.21. The van der Waals surface area contributed by atoms with Crippen molar-refractivity contribution in [3.05, 3.63) is 12.2 Å². The van der Waals surface area contributed by atoms with E-state index >= 15 is 0 Å². The second-order valence-corrected chi connectivity index (χ2v) is 16.4. The molecule has 0 heterocycles. The molecule has 0 amide bonds. The van der Waals surface area contributed by atoms with Crippen molar-refractivity contribution in [2.24, 2.45) is 0 Å². The molecule has 0 fully saturated rings. The molecule has 2 unspecified atom stereocenters. The summed E-state index contributed by atoms with van der Waals surface area (Å²) in [5.41, 5.74) is 0. The highest BCUT2D eigenvalue weighted by Crippen LogP contribution is 2.42. The van der Waals surface area contributed by atoms with E-state index in [1.165, 1.54) is 135 Å². The van der Waals surface area contributed by atoms with Gasteiger partial charge in [0.15, 0.2) is 6.10 Å². The molecule has 0 saturated heterocycles. The van der Waals surface area contributed by atoms with Gasteiger partial charge in [-0.1, -0.05) is 193 Å². The highest BCUT2D eigenvalue weighted by molar-refractivity contribution is 7.47. The fraction of sp³-hybridized carbons (Fsp3) is 0.907. The van der Waals surface area contributed by atoms with Crippen LogP contribution in [0.25, 0.3) is 0 Å². The average molecular weight is 759 g/mol. The summed E-state index contributed by atoms with van der Waals surface area (Å²) in [6, 6.07) is 0. The van der Waals surface area contributed by atoms with Gasteiger partial charge in [0.1, 0.15) is 6.61 Å². The lowest BCUT2D eigenvalue weighted by molar-refractivity contribution is -0.161. The molecule has 0 aromatic carbocycles. The van der Waals surface area contributed by atoms with Gasteiger partial charge < -0.3 is 14.4 Å². The predicted octanol–water partition coefficient (Wildman–Crippen LogP) is 13.7. The minimum absolute atomic E-state index is 0.223. The average Bonchev–Trinajstić information content (AvgIpc) is 3.13. The van der Waals surface area contributed by atoms with Gasteiger partial charge in [-0.05, 0) is 32.1 Å². The van der Waals surface area contributed by atoms with E-state index in [1.807, 2.05) is 0 Å². The number of rotatable bonds is 41. The van der Waals surface area contributed by atoms with Crippen LogP contribution in [0.5, 0.6) is 0 Å². The first-order valence-corrected chi connectivity index (χ1v) is 23.4. The van der Waals surface area contributed by atoms with Gasteiger partial charge in [0.25, 0.3) is 0 Å². The fourth-order valence-corrected chi connectivity index (χ4v) is 6.81. The number of esters is 2. The van der Waals surface area contributed by atoms with Crippen LogP contribution < -0.4 is 0 Å². The number of phosphoric acid groups is 1. The zero-order valence-electron chi connectivity index (χ0n) is 34.2. The summed E-state index contributed by atoms with van der Waals surface area (Å²) in [5, 5.41) is 0. The quantitative estimate of drug-likeness (QED) is 0.0284. The Bertz CT molecular complexity index is 864. The molecule has 2 atom stereocenters. The first-order chi connectivity index (χ1) is 25.3. The molecule has 1 N–H and O–H groups in total. The van der Waals surface area contributed by atoms with E-state index in [1.54, 1.807) is 0 Å². The van der Waals surface area contributed by atoms with Gasteiger partial charge in [-0.2, -0.15) is 0 Å². The lowest BCUT2D eigenvalue weighted by atomic mass is 10.0. The van der Waals surface area contributed by atoms with Gasteiger partial charge in [0, 0.05) is 20.0 Å². The van der Waals surface area contributed by atoms with Gasteiger partial charge in [0.2, 0.25) is 0 Å². The van der Waals surface area contributed by atoms with E-state index in [9.17, 15) is 19.0 Å². The summed E-state index contributed by atoms with van der Waals surface area (Å²) in [6.07, 6.45) is 42.8. The van der Waals surface area contributed by atoms with Crippen LogP contribution in [-0.4, -0.2) is 43.3 Å². The molecule has 0 aliphatic heterocycles. The van der Waals surface area contributed by atoms with E-state index in [0.717, 1.165) is 64.9 Å². The Labute approximate surface area is 320 Å². The first kappa shape index (κ1) is 50.8. The van der Waals surface area contributed by atoms with Crippen molar-refractivity contribution in [1.29, 1.82) is 0 Å². The third-order valence-electron chi connectivity index (χ3n) is 9.76. The third kappa shape index (κ3) is 38.5. The molecule has 308 valence electrons. The Morgan fingerprint density at radius 2 is 0.885 bits per heavy atom. The van der Waals surface area contributed by atoms with Crippen molar-refractivity contribution in [1.82, 2.24) is 0 Å². The van der Waals surface area contributed by atoms with Gasteiger partial charge in [-0.3, -0.25) is 18.6 Å². The van der Waals surface area contributed by atoms with Crippen LogP contribution in [0.2, 0.25) is 0 Å². The summed E-state index contributed by atoms with van der Waals surface area (Å²) in [5.74, 6) is -0.804. The summed E-state index contributed by atoms with van der Waals surface area (Å²) in [4.78, 5) is 34.4. The molecule has 0 aliphatic rings. The lowest BCUT2D eigenvalue weighted by Gasteiger charge is -2.19. The van der Waals surface area contributed by atoms with Crippen molar-refractivity contribution in [2.75, 3.05) is 20.3 Å². The number of unbranched alkanes of at least 4 members (excludes halogenated alkanes) is 28. The zero-order chi connectivity index (χ0) is 38.2. The van der Waals surface area contributed by atoms with E-state index in [0.29, 0.717) is 12.8 Å². The number of ether oxygens (including phenoxy) is 2. The lowest BCUT2D eigenvalue weighted by Crippen LogP contribution is -2.29. The van der Waals surface area contributed by atoms with E-state index in [4.69, 9.17) is 14.0 Å². The van der Waals surface area contributed by atoms with Crippen LogP contribution in [0.15, 0.2) is 12.2 Å². The Morgan fingerprint density at radius 3 is 1.31 bits per heavy atom. The number of allylic oxidation sites excluding steroid dienone is 2.